The third-order valence-corrected chi connectivity index (χ3v) is 7.07. The van der Waals surface area contributed by atoms with Crippen molar-refractivity contribution in [2.24, 2.45) is 0 Å². The van der Waals surface area contributed by atoms with E-state index in [4.69, 9.17) is 9.47 Å². The van der Waals surface area contributed by atoms with E-state index in [9.17, 15) is 0 Å². The number of pyridine rings is 1. The summed E-state index contributed by atoms with van der Waals surface area (Å²) in [5.74, 6) is 3.04. The zero-order valence-corrected chi connectivity index (χ0v) is 20.6. The number of benzene rings is 2. The summed E-state index contributed by atoms with van der Waals surface area (Å²) in [6, 6.07) is 14.2. The van der Waals surface area contributed by atoms with Gasteiger partial charge >= 0.3 is 0 Å². The number of rotatable bonds is 4. The molecular formula is C27H26N8O2. The van der Waals surface area contributed by atoms with Gasteiger partial charge in [-0.2, -0.15) is 5.10 Å². The van der Waals surface area contributed by atoms with Crippen molar-refractivity contribution < 1.29 is 9.47 Å². The van der Waals surface area contributed by atoms with Crippen molar-refractivity contribution in [3.8, 4) is 17.2 Å². The van der Waals surface area contributed by atoms with Gasteiger partial charge in [-0.1, -0.05) is 0 Å². The largest absolute Gasteiger partial charge is 0.488 e. The van der Waals surface area contributed by atoms with Gasteiger partial charge in [0.2, 0.25) is 0 Å². The summed E-state index contributed by atoms with van der Waals surface area (Å²) in [7, 11) is 2.16. The Labute approximate surface area is 213 Å². The predicted molar refractivity (Wildman–Crippen MR) is 141 cm³/mol. The zero-order valence-electron chi connectivity index (χ0n) is 20.6. The van der Waals surface area contributed by atoms with E-state index < -0.39 is 0 Å². The maximum absolute atomic E-state index is 6.35. The fraction of sp³-hybridized carbons (Fsp3) is 0.259. The lowest BCUT2D eigenvalue weighted by atomic mass is 10.1. The molecule has 0 saturated carbocycles. The second-order valence-corrected chi connectivity index (χ2v) is 9.58. The molecule has 1 N–H and O–H groups in total. The molecule has 2 aromatic carbocycles. The van der Waals surface area contributed by atoms with Crippen LogP contribution < -0.4 is 19.7 Å². The fourth-order valence-corrected chi connectivity index (χ4v) is 5.19. The Morgan fingerprint density at radius 2 is 1.97 bits per heavy atom. The molecule has 1 saturated heterocycles. The van der Waals surface area contributed by atoms with Crippen LogP contribution in [0.4, 0.5) is 17.2 Å². The topological polar surface area (TPSA) is 92.9 Å². The minimum atomic E-state index is 0.352. The Hall–Kier alpha value is -4.44. The molecule has 0 amide bonds. The maximum atomic E-state index is 6.35. The van der Waals surface area contributed by atoms with Crippen molar-refractivity contribution in [1.82, 2.24) is 29.5 Å². The number of nitrogens with one attached hydrogen (secondary N) is 1. The quantitative estimate of drug-likeness (QED) is 0.397. The lowest BCUT2D eigenvalue weighted by Crippen LogP contribution is -2.56. The van der Waals surface area contributed by atoms with Crippen molar-refractivity contribution >= 4 is 33.7 Å². The summed E-state index contributed by atoms with van der Waals surface area (Å²) in [6.07, 6.45) is 4.94. The van der Waals surface area contributed by atoms with Crippen LogP contribution >= 0.6 is 0 Å². The van der Waals surface area contributed by atoms with Crippen LogP contribution in [0.2, 0.25) is 0 Å². The summed E-state index contributed by atoms with van der Waals surface area (Å²) >= 11 is 0. The molecule has 0 spiro atoms. The van der Waals surface area contributed by atoms with Crippen LogP contribution in [-0.2, 0) is 0 Å². The second-order valence-electron chi connectivity index (χ2n) is 9.58. The highest BCUT2D eigenvalue weighted by Crippen LogP contribution is 2.43. The first-order chi connectivity index (χ1) is 18.1. The van der Waals surface area contributed by atoms with E-state index >= 15 is 0 Å². The van der Waals surface area contributed by atoms with E-state index in [1.54, 1.807) is 10.8 Å². The number of nitrogens with zero attached hydrogens (tertiary/aromatic N) is 7. The molecule has 3 aromatic heterocycles. The number of anilines is 3. The van der Waals surface area contributed by atoms with Crippen LogP contribution in [-0.4, -0.2) is 68.8 Å². The Balaban J connectivity index is 1.19. The van der Waals surface area contributed by atoms with E-state index in [-0.39, 0.29) is 0 Å². The molecule has 186 valence electrons. The lowest BCUT2D eigenvalue weighted by molar-refractivity contribution is 0.190. The molecule has 2 aliphatic rings. The highest BCUT2D eigenvalue weighted by molar-refractivity contribution is 6.00. The average Bonchev–Trinajstić information content (AvgIpc) is 3.38. The molecule has 0 radical (unpaired) electrons. The molecule has 2 aliphatic heterocycles. The normalized spacial score (nSPS) is 17.4. The monoisotopic (exact) mass is 494 g/mol. The van der Waals surface area contributed by atoms with Crippen molar-refractivity contribution in [2.75, 3.05) is 43.5 Å². The molecule has 7 rings (SSSR count). The predicted octanol–water partition coefficient (Wildman–Crippen LogP) is 4.03. The van der Waals surface area contributed by atoms with Crippen LogP contribution in [0.1, 0.15) is 5.56 Å². The molecule has 10 heteroatoms. The van der Waals surface area contributed by atoms with Gasteiger partial charge in [0.25, 0.3) is 0 Å². The first kappa shape index (κ1) is 21.8. The van der Waals surface area contributed by atoms with Gasteiger partial charge in [0.15, 0.2) is 11.4 Å². The van der Waals surface area contributed by atoms with Crippen LogP contribution in [0.3, 0.4) is 0 Å². The van der Waals surface area contributed by atoms with Gasteiger partial charge in [-0.3, -0.25) is 0 Å². The SMILES string of the molecule is Cc1cc(Nc2ncnc3ccc4c(c23)OC[C@@H]2CN(C)CCN42)ccc1Oc1ccn2ncnc2c1. The average molecular weight is 495 g/mol. The number of aryl methyl sites for hydroxylation is 1. The van der Waals surface area contributed by atoms with Crippen LogP contribution in [0.25, 0.3) is 16.6 Å². The number of piperazine rings is 1. The molecule has 0 aliphatic carbocycles. The number of hydrogen-bond donors (Lipinski definition) is 1. The van der Waals surface area contributed by atoms with Gasteiger partial charge in [-0.15, -0.1) is 0 Å². The Morgan fingerprint density at radius 3 is 2.89 bits per heavy atom. The molecule has 0 bridgehead atoms. The minimum Gasteiger partial charge on any atom is -0.488 e. The molecule has 5 heterocycles. The number of ether oxygens (including phenoxy) is 2. The Morgan fingerprint density at radius 1 is 1.03 bits per heavy atom. The Kier molecular flexibility index (Phi) is 5.07. The standard InChI is InChI=1S/C27H26N8O2/c1-17-11-18(3-6-23(17)37-20-7-8-35-24(12-20)29-16-31-35)32-27-25-21(28-15-30-27)4-5-22-26(25)36-14-19-13-33(2)9-10-34(19)22/h3-8,11-12,15-16,19H,9-10,13-14H2,1-2H3,(H,28,30,32)/t19-/m0/s1. The van der Waals surface area contributed by atoms with Crippen molar-refractivity contribution in [3.05, 3.63) is 66.9 Å². The molecule has 5 aromatic rings. The highest BCUT2D eigenvalue weighted by atomic mass is 16.5. The van der Waals surface area contributed by atoms with Gasteiger partial charge < -0.3 is 24.6 Å². The van der Waals surface area contributed by atoms with Gasteiger partial charge in [0.1, 0.15) is 36.6 Å². The van der Waals surface area contributed by atoms with Crippen molar-refractivity contribution in [1.29, 1.82) is 0 Å². The molecule has 1 atom stereocenters. The van der Waals surface area contributed by atoms with E-state index in [0.29, 0.717) is 18.4 Å². The summed E-state index contributed by atoms with van der Waals surface area (Å²) in [5.41, 5.74) is 4.59. The van der Waals surface area contributed by atoms with Crippen LogP contribution in [0.5, 0.6) is 17.2 Å². The second kappa shape index (κ2) is 8.59. The first-order valence-corrected chi connectivity index (χ1v) is 12.3. The number of likely N-dealkylation sites (N-methyl/N-ethyl adjacent to an activating group) is 1. The van der Waals surface area contributed by atoms with Crippen molar-refractivity contribution in [3.63, 3.8) is 0 Å². The third-order valence-electron chi connectivity index (χ3n) is 7.07. The number of hydrogen-bond acceptors (Lipinski definition) is 9. The van der Waals surface area contributed by atoms with E-state index in [1.165, 1.54) is 6.33 Å². The van der Waals surface area contributed by atoms with Gasteiger partial charge in [0, 0.05) is 37.6 Å². The maximum Gasteiger partial charge on any atom is 0.158 e. The van der Waals surface area contributed by atoms with E-state index in [0.717, 1.165) is 70.4 Å². The molecular weight excluding hydrogens is 468 g/mol. The zero-order chi connectivity index (χ0) is 24.9. The summed E-state index contributed by atoms with van der Waals surface area (Å²) < 4.78 is 14.2. The van der Waals surface area contributed by atoms with Gasteiger partial charge in [-0.05, 0) is 55.9 Å². The summed E-state index contributed by atoms with van der Waals surface area (Å²) in [4.78, 5) is 18.1. The fourth-order valence-electron chi connectivity index (χ4n) is 5.19. The summed E-state index contributed by atoms with van der Waals surface area (Å²) in [6.45, 7) is 5.67. The first-order valence-electron chi connectivity index (χ1n) is 12.3. The van der Waals surface area contributed by atoms with Gasteiger partial charge in [0.05, 0.1) is 22.6 Å². The summed E-state index contributed by atoms with van der Waals surface area (Å²) in [5, 5.41) is 8.52. The van der Waals surface area contributed by atoms with Gasteiger partial charge in [-0.25, -0.2) is 19.5 Å². The number of aromatic nitrogens is 5. The molecule has 37 heavy (non-hydrogen) atoms. The molecule has 0 unspecified atom stereocenters. The smallest absolute Gasteiger partial charge is 0.158 e. The van der Waals surface area contributed by atoms with Crippen molar-refractivity contribution in [2.45, 2.75) is 13.0 Å². The molecule has 1 fully saturated rings. The van der Waals surface area contributed by atoms with Crippen LogP contribution in [0.15, 0.2) is 61.3 Å². The lowest BCUT2D eigenvalue weighted by Gasteiger charge is -2.44. The molecule has 10 nitrogen and oxygen atoms in total. The number of fused-ring (bicyclic) bond motifs is 6. The highest BCUT2D eigenvalue weighted by Gasteiger charge is 2.33. The minimum absolute atomic E-state index is 0.352. The van der Waals surface area contributed by atoms with E-state index in [2.05, 4.69) is 54.3 Å². The van der Waals surface area contributed by atoms with Crippen LogP contribution in [0, 0.1) is 6.92 Å². The Bertz CT molecular complexity index is 1630. The third kappa shape index (κ3) is 3.86. The van der Waals surface area contributed by atoms with E-state index in [1.807, 2.05) is 43.5 Å².